The lowest BCUT2D eigenvalue weighted by molar-refractivity contribution is -0.0177. The molecule has 1 rings (SSSR count). The zero-order valence-electron chi connectivity index (χ0n) is 9.34. The van der Waals surface area contributed by atoms with Crippen molar-refractivity contribution in [2.24, 2.45) is 0 Å². The molecular weight excluding hydrogens is 192 g/mol. The highest BCUT2D eigenvalue weighted by Gasteiger charge is 2.00. The SMILES string of the molecule is CC(O)COC(C)CO.c1ccccc1. The van der Waals surface area contributed by atoms with E-state index in [1.54, 1.807) is 13.8 Å². The van der Waals surface area contributed by atoms with E-state index in [9.17, 15) is 0 Å². The molecule has 0 saturated heterocycles. The second-order valence-corrected chi connectivity index (χ2v) is 3.33. The van der Waals surface area contributed by atoms with E-state index < -0.39 is 6.10 Å². The predicted octanol–water partition coefficient (Wildman–Crippen LogP) is 1.45. The molecule has 3 nitrogen and oxygen atoms in total. The third-order valence-electron chi connectivity index (χ3n) is 1.55. The van der Waals surface area contributed by atoms with Crippen LogP contribution in [0.25, 0.3) is 0 Å². The molecular formula is C12H20O3. The van der Waals surface area contributed by atoms with Gasteiger partial charge in [0.2, 0.25) is 0 Å². The number of ether oxygens (including phenoxy) is 1. The van der Waals surface area contributed by atoms with Gasteiger partial charge in [-0.25, -0.2) is 0 Å². The van der Waals surface area contributed by atoms with Gasteiger partial charge in [0, 0.05) is 0 Å². The molecule has 0 radical (unpaired) electrons. The Morgan fingerprint density at radius 3 is 1.67 bits per heavy atom. The van der Waals surface area contributed by atoms with Gasteiger partial charge in [0.15, 0.2) is 0 Å². The Balaban J connectivity index is 0.000000280. The lowest BCUT2D eigenvalue weighted by atomic mass is 10.4. The number of hydrogen-bond acceptors (Lipinski definition) is 3. The summed E-state index contributed by atoms with van der Waals surface area (Å²) in [7, 11) is 0. The topological polar surface area (TPSA) is 49.7 Å². The molecule has 2 unspecified atom stereocenters. The van der Waals surface area contributed by atoms with E-state index in [4.69, 9.17) is 14.9 Å². The fourth-order valence-electron chi connectivity index (χ4n) is 0.741. The molecule has 86 valence electrons. The molecule has 0 aliphatic carbocycles. The Morgan fingerprint density at radius 2 is 1.40 bits per heavy atom. The van der Waals surface area contributed by atoms with Crippen LogP contribution in [0.3, 0.4) is 0 Å². The van der Waals surface area contributed by atoms with Gasteiger partial charge in [-0.05, 0) is 13.8 Å². The molecule has 1 aromatic carbocycles. The van der Waals surface area contributed by atoms with Gasteiger partial charge in [-0.15, -0.1) is 0 Å². The first-order valence-electron chi connectivity index (χ1n) is 5.07. The van der Waals surface area contributed by atoms with Gasteiger partial charge in [-0.2, -0.15) is 0 Å². The first-order chi connectivity index (χ1) is 7.16. The van der Waals surface area contributed by atoms with Crippen LogP contribution in [0.5, 0.6) is 0 Å². The predicted molar refractivity (Wildman–Crippen MR) is 60.6 cm³/mol. The molecule has 0 bridgehead atoms. The lowest BCUT2D eigenvalue weighted by Crippen LogP contribution is -2.19. The van der Waals surface area contributed by atoms with Crippen LogP contribution in [-0.2, 0) is 4.74 Å². The summed E-state index contributed by atoms with van der Waals surface area (Å²) < 4.78 is 4.95. The van der Waals surface area contributed by atoms with Gasteiger partial charge in [-0.3, -0.25) is 0 Å². The fraction of sp³-hybridized carbons (Fsp3) is 0.500. The number of hydrogen-bond donors (Lipinski definition) is 2. The molecule has 15 heavy (non-hydrogen) atoms. The Kier molecular flexibility index (Phi) is 9.07. The van der Waals surface area contributed by atoms with Crippen molar-refractivity contribution in [1.82, 2.24) is 0 Å². The minimum atomic E-state index is -0.445. The highest BCUT2D eigenvalue weighted by atomic mass is 16.5. The summed E-state index contributed by atoms with van der Waals surface area (Å²) in [5.41, 5.74) is 0. The highest BCUT2D eigenvalue weighted by Crippen LogP contribution is 1.90. The molecule has 0 spiro atoms. The van der Waals surface area contributed by atoms with Crippen molar-refractivity contribution in [3.63, 3.8) is 0 Å². The third-order valence-corrected chi connectivity index (χ3v) is 1.55. The van der Waals surface area contributed by atoms with Gasteiger partial charge in [-0.1, -0.05) is 36.4 Å². The van der Waals surface area contributed by atoms with Crippen LogP contribution in [0.4, 0.5) is 0 Å². The van der Waals surface area contributed by atoms with E-state index in [0.29, 0.717) is 6.61 Å². The molecule has 0 aromatic heterocycles. The molecule has 0 heterocycles. The molecule has 0 fully saturated rings. The maximum absolute atomic E-state index is 8.69. The van der Waals surface area contributed by atoms with E-state index >= 15 is 0 Å². The van der Waals surface area contributed by atoms with Crippen LogP contribution in [0, 0.1) is 0 Å². The molecule has 1 aromatic rings. The van der Waals surface area contributed by atoms with E-state index in [-0.39, 0.29) is 12.7 Å². The molecule has 3 heteroatoms. The maximum Gasteiger partial charge on any atom is 0.0779 e. The molecule has 0 amide bonds. The second-order valence-electron chi connectivity index (χ2n) is 3.33. The van der Waals surface area contributed by atoms with Gasteiger partial charge >= 0.3 is 0 Å². The van der Waals surface area contributed by atoms with Gasteiger partial charge in [0.25, 0.3) is 0 Å². The Hall–Kier alpha value is -0.900. The zero-order chi connectivity index (χ0) is 11.5. The normalized spacial score (nSPS) is 13.6. The van der Waals surface area contributed by atoms with Crippen LogP contribution in [-0.4, -0.2) is 35.6 Å². The summed E-state index contributed by atoms with van der Waals surface area (Å²) in [4.78, 5) is 0. The second kappa shape index (κ2) is 9.65. The zero-order valence-corrected chi connectivity index (χ0v) is 9.34. The summed E-state index contributed by atoms with van der Waals surface area (Å²) in [6, 6.07) is 12.0. The maximum atomic E-state index is 8.69. The molecule has 0 aliphatic rings. The van der Waals surface area contributed by atoms with E-state index in [2.05, 4.69) is 0 Å². The van der Waals surface area contributed by atoms with E-state index in [1.165, 1.54) is 0 Å². The van der Waals surface area contributed by atoms with Crippen molar-refractivity contribution in [3.05, 3.63) is 36.4 Å². The number of aliphatic hydroxyl groups excluding tert-OH is 2. The average Bonchev–Trinajstić information content (AvgIpc) is 2.29. The summed E-state index contributed by atoms with van der Waals surface area (Å²) >= 11 is 0. The minimum Gasteiger partial charge on any atom is -0.394 e. The van der Waals surface area contributed by atoms with Crippen molar-refractivity contribution in [1.29, 1.82) is 0 Å². The average molecular weight is 212 g/mol. The first kappa shape index (κ1) is 14.1. The van der Waals surface area contributed by atoms with Crippen LogP contribution in [0.2, 0.25) is 0 Å². The van der Waals surface area contributed by atoms with Gasteiger partial charge in [0.05, 0.1) is 25.4 Å². The van der Waals surface area contributed by atoms with Crippen molar-refractivity contribution in [2.75, 3.05) is 13.2 Å². The van der Waals surface area contributed by atoms with Gasteiger partial charge in [0.1, 0.15) is 0 Å². The van der Waals surface area contributed by atoms with Crippen molar-refractivity contribution < 1.29 is 14.9 Å². The van der Waals surface area contributed by atoms with Crippen molar-refractivity contribution in [3.8, 4) is 0 Å². The summed E-state index contributed by atoms with van der Waals surface area (Å²) in [6.07, 6.45) is -0.612. The number of rotatable bonds is 4. The van der Waals surface area contributed by atoms with Crippen LogP contribution >= 0.6 is 0 Å². The fourth-order valence-corrected chi connectivity index (χ4v) is 0.741. The highest BCUT2D eigenvalue weighted by molar-refractivity contribution is 4.99. The largest absolute Gasteiger partial charge is 0.394 e. The van der Waals surface area contributed by atoms with Crippen LogP contribution in [0.1, 0.15) is 13.8 Å². The minimum absolute atomic E-state index is 0.00667. The summed E-state index contributed by atoms with van der Waals surface area (Å²) in [5.74, 6) is 0. The Labute approximate surface area is 91.3 Å². The van der Waals surface area contributed by atoms with E-state index in [0.717, 1.165) is 0 Å². The van der Waals surface area contributed by atoms with Crippen molar-refractivity contribution in [2.45, 2.75) is 26.1 Å². The first-order valence-corrected chi connectivity index (χ1v) is 5.07. The van der Waals surface area contributed by atoms with Crippen molar-refractivity contribution >= 4 is 0 Å². The number of benzene rings is 1. The third kappa shape index (κ3) is 11.0. The standard InChI is InChI=1S/C6H14O3.C6H6/c1-5(8)4-9-6(2)3-7;1-2-4-6-5-3-1/h5-8H,3-4H2,1-2H3;1-6H. The number of aliphatic hydroxyl groups is 2. The van der Waals surface area contributed by atoms with Crippen LogP contribution in [0.15, 0.2) is 36.4 Å². The summed E-state index contributed by atoms with van der Waals surface area (Å²) in [5, 5.41) is 17.1. The Morgan fingerprint density at radius 1 is 1.00 bits per heavy atom. The van der Waals surface area contributed by atoms with E-state index in [1.807, 2.05) is 36.4 Å². The van der Waals surface area contributed by atoms with Crippen LogP contribution < -0.4 is 0 Å². The monoisotopic (exact) mass is 212 g/mol. The summed E-state index contributed by atoms with van der Waals surface area (Å²) in [6.45, 7) is 3.70. The molecule has 0 aliphatic heterocycles. The molecule has 2 atom stereocenters. The smallest absolute Gasteiger partial charge is 0.0779 e. The van der Waals surface area contributed by atoms with Gasteiger partial charge < -0.3 is 14.9 Å². The Bertz CT molecular complexity index is 185. The molecule has 2 N–H and O–H groups in total. The lowest BCUT2D eigenvalue weighted by Gasteiger charge is -2.10. The quantitative estimate of drug-likeness (QED) is 0.794. The molecule has 0 saturated carbocycles.